The number of imidazole rings is 1. The van der Waals surface area contributed by atoms with Gasteiger partial charge in [0.1, 0.15) is 0 Å². The standard InChI is InChI=1S/C24H25N5O2/c1-15-6-5-7-19(13-15)27-10-11-28-20-21(25-23(27)28)26(4)24(31)29(22(20)30)14-18-12-16(2)8-9-17(18)3/h5-9,12-13H,10-11,14H2,1-4H3. The van der Waals surface area contributed by atoms with E-state index in [1.165, 1.54) is 9.13 Å². The molecule has 31 heavy (non-hydrogen) atoms. The molecule has 0 amide bonds. The molecule has 3 heterocycles. The maximum absolute atomic E-state index is 13.5. The Morgan fingerprint density at radius 2 is 1.74 bits per heavy atom. The Kier molecular flexibility index (Phi) is 4.36. The van der Waals surface area contributed by atoms with Gasteiger partial charge in [0, 0.05) is 25.8 Å². The monoisotopic (exact) mass is 415 g/mol. The molecule has 158 valence electrons. The molecule has 0 N–H and O–H groups in total. The second-order valence-electron chi connectivity index (χ2n) is 8.39. The fourth-order valence-electron chi connectivity index (χ4n) is 4.40. The molecule has 5 rings (SSSR count). The fourth-order valence-corrected chi connectivity index (χ4v) is 4.40. The van der Waals surface area contributed by atoms with Gasteiger partial charge in [-0.1, -0.05) is 35.9 Å². The van der Waals surface area contributed by atoms with Gasteiger partial charge < -0.3 is 9.47 Å². The van der Waals surface area contributed by atoms with Crippen molar-refractivity contribution in [3.05, 3.63) is 85.6 Å². The van der Waals surface area contributed by atoms with E-state index in [9.17, 15) is 9.59 Å². The van der Waals surface area contributed by atoms with Gasteiger partial charge in [-0.3, -0.25) is 13.9 Å². The van der Waals surface area contributed by atoms with Crippen LogP contribution in [0.3, 0.4) is 0 Å². The van der Waals surface area contributed by atoms with Crippen LogP contribution in [0.25, 0.3) is 11.2 Å². The van der Waals surface area contributed by atoms with Gasteiger partial charge >= 0.3 is 5.69 Å². The van der Waals surface area contributed by atoms with Crippen molar-refractivity contribution in [1.29, 1.82) is 0 Å². The van der Waals surface area contributed by atoms with Crippen LogP contribution < -0.4 is 16.1 Å². The van der Waals surface area contributed by atoms with Crippen LogP contribution in [0.5, 0.6) is 0 Å². The van der Waals surface area contributed by atoms with Gasteiger partial charge in [0.25, 0.3) is 5.56 Å². The Morgan fingerprint density at radius 1 is 0.968 bits per heavy atom. The number of aryl methyl sites for hydroxylation is 4. The first-order valence-electron chi connectivity index (χ1n) is 10.5. The summed E-state index contributed by atoms with van der Waals surface area (Å²) in [4.78, 5) is 33.4. The lowest BCUT2D eigenvalue weighted by Crippen LogP contribution is -2.40. The van der Waals surface area contributed by atoms with Crippen LogP contribution in [0.1, 0.15) is 22.3 Å². The lowest BCUT2D eigenvalue weighted by atomic mass is 10.1. The SMILES string of the molecule is Cc1cccc(N2CCn3c2nc2c3c(=O)n(Cc3cc(C)ccc3C)c(=O)n2C)c1. The van der Waals surface area contributed by atoms with Crippen molar-refractivity contribution < 1.29 is 0 Å². The van der Waals surface area contributed by atoms with Gasteiger partial charge in [-0.25, -0.2) is 4.79 Å². The molecule has 0 spiro atoms. The van der Waals surface area contributed by atoms with Crippen molar-refractivity contribution in [2.45, 2.75) is 33.9 Å². The molecule has 0 bridgehead atoms. The number of hydrogen-bond acceptors (Lipinski definition) is 4. The molecule has 0 saturated carbocycles. The van der Waals surface area contributed by atoms with E-state index in [1.54, 1.807) is 7.05 Å². The molecule has 0 saturated heterocycles. The van der Waals surface area contributed by atoms with Crippen LogP contribution >= 0.6 is 0 Å². The van der Waals surface area contributed by atoms with Crippen molar-refractivity contribution in [3.8, 4) is 0 Å². The van der Waals surface area contributed by atoms with E-state index in [0.29, 0.717) is 23.7 Å². The van der Waals surface area contributed by atoms with E-state index in [4.69, 9.17) is 4.98 Å². The van der Waals surface area contributed by atoms with Gasteiger partial charge in [0.05, 0.1) is 6.54 Å². The Morgan fingerprint density at radius 3 is 2.52 bits per heavy atom. The van der Waals surface area contributed by atoms with Gasteiger partial charge in [0.2, 0.25) is 5.95 Å². The third-order valence-corrected chi connectivity index (χ3v) is 6.15. The molecule has 2 aromatic carbocycles. The zero-order valence-corrected chi connectivity index (χ0v) is 18.2. The second-order valence-corrected chi connectivity index (χ2v) is 8.39. The van der Waals surface area contributed by atoms with Gasteiger partial charge in [-0.05, 0) is 49.6 Å². The van der Waals surface area contributed by atoms with Crippen molar-refractivity contribution >= 4 is 22.8 Å². The summed E-state index contributed by atoms with van der Waals surface area (Å²) in [7, 11) is 1.68. The number of fused-ring (bicyclic) bond motifs is 3. The number of anilines is 2. The minimum absolute atomic E-state index is 0.247. The Bertz CT molecular complexity index is 1460. The highest BCUT2D eigenvalue weighted by atomic mass is 16.2. The minimum atomic E-state index is -0.350. The molecule has 2 aromatic heterocycles. The van der Waals surface area contributed by atoms with Crippen molar-refractivity contribution in [1.82, 2.24) is 18.7 Å². The molecule has 7 heteroatoms. The summed E-state index contributed by atoms with van der Waals surface area (Å²) in [5, 5.41) is 0. The van der Waals surface area contributed by atoms with Gasteiger partial charge in [-0.2, -0.15) is 4.98 Å². The van der Waals surface area contributed by atoms with Crippen molar-refractivity contribution in [2.24, 2.45) is 7.05 Å². The predicted molar refractivity (Wildman–Crippen MR) is 122 cm³/mol. The number of aromatic nitrogens is 4. The predicted octanol–water partition coefficient (Wildman–Crippen LogP) is 3.02. The van der Waals surface area contributed by atoms with Gasteiger partial charge in [0.15, 0.2) is 11.2 Å². The summed E-state index contributed by atoms with van der Waals surface area (Å²) in [6, 6.07) is 14.3. The van der Waals surface area contributed by atoms with Crippen molar-refractivity contribution in [3.63, 3.8) is 0 Å². The van der Waals surface area contributed by atoms with E-state index in [0.717, 1.165) is 34.5 Å². The molecular weight excluding hydrogens is 390 g/mol. The van der Waals surface area contributed by atoms with E-state index >= 15 is 0 Å². The lowest BCUT2D eigenvalue weighted by molar-refractivity contribution is 0.650. The smallest absolute Gasteiger partial charge is 0.310 e. The maximum Gasteiger partial charge on any atom is 0.332 e. The quantitative estimate of drug-likeness (QED) is 0.516. The zero-order chi connectivity index (χ0) is 21.9. The highest BCUT2D eigenvalue weighted by Crippen LogP contribution is 2.31. The molecule has 0 aliphatic carbocycles. The minimum Gasteiger partial charge on any atom is -0.310 e. The summed E-state index contributed by atoms with van der Waals surface area (Å²) >= 11 is 0. The average Bonchev–Trinajstić information content (AvgIpc) is 3.31. The average molecular weight is 415 g/mol. The molecular formula is C24H25N5O2. The van der Waals surface area contributed by atoms with E-state index in [2.05, 4.69) is 24.0 Å². The molecule has 4 aromatic rings. The molecule has 1 aliphatic rings. The highest BCUT2D eigenvalue weighted by Gasteiger charge is 2.28. The summed E-state index contributed by atoms with van der Waals surface area (Å²) in [5.41, 5.74) is 5.61. The van der Waals surface area contributed by atoms with Crippen LogP contribution in [-0.2, 0) is 20.1 Å². The first-order chi connectivity index (χ1) is 14.8. The zero-order valence-electron chi connectivity index (χ0n) is 18.2. The first-order valence-corrected chi connectivity index (χ1v) is 10.5. The fraction of sp³-hybridized carbons (Fsp3) is 0.292. The summed E-state index contributed by atoms with van der Waals surface area (Å²) in [5.74, 6) is 0.706. The topological polar surface area (TPSA) is 65.1 Å². The van der Waals surface area contributed by atoms with E-state index < -0.39 is 0 Å². The number of nitrogens with zero attached hydrogens (tertiary/aromatic N) is 5. The normalized spacial score (nSPS) is 13.2. The first kappa shape index (κ1) is 19.4. The molecule has 0 unspecified atom stereocenters. The largest absolute Gasteiger partial charge is 0.332 e. The summed E-state index contributed by atoms with van der Waals surface area (Å²) in [6.45, 7) is 7.70. The number of rotatable bonds is 3. The molecule has 0 fully saturated rings. The highest BCUT2D eigenvalue weighted by molar-refractivity contribution is 5.77. The van der Waals surface area contributed by atoms with Crippen LogP contribution in [-0.4, -0.2) is 25.2 Å². The maximum atomic E-state index is 13.5. The lowest BCUT2D eigenvalue weighted by Gasteiger charge is -2.16. The molecule has 1 aliphatic heterocycles. The van der Waals surface area contributed by atoms with Crippen molar-refractivity contribution in [2.75, 3.05) is 11.4 Å². The Labute approximate surface area is 179 Å². The summed E-state index contributed by atoms with van der Waals surface area (Å²) < 4.78 is 4.76. The molecule has 7 nitrogen and oxygen atoms in total. The number of hydrogen-bond donors (Lipinski definition) is 0. The second kappa shape index (κ2) is 6.97. The van der Waals surface area contributed by atoms with Crippen LogP contribution in [0.2, 0.25) is 0 Å². The third kappa shape index (κ3) is 3.00. The van der Waals surface area contributed by atoms with Gasteiger partial charge in [-0.15, -0.1) is 0 Å². The molecule has 0 atom stereocenters. The molecule has 0 radical (unpaired) electrons. The van der Waals surface area contributed by atoms with Crippen LogP contribution in [0.15, 0.2) is 52.1 Å². The van der Waals surface area contributed by atoms with Crippen LogP contribution in [0, 0.1) is 20.8 Å². The van der Waals surface area contributed by atoms with E-state index in [-0.39, 0.29) is 17.8 Å². The number of benzene rings is 2. The van der Waals surface area contributed by atoms with E-state index in [1.807, 2.05) is 48.7 Å². The Hall–Kier alpha value is -3.61. The summed E-state index contributed by atoms with van der Waals surface area (Å²) in [6.07, 6.45) is 0. The van der Waals surface area contributed by atoms with Crippen LogP contribution in [0.4, 0.5) is 11.6 Å². The third-order valence-electron chi connectivity index (χ3n) is 6.15. The Balaban J connectivity index is 1.69.